The Morgan fingerprint density at radius 2 is 2.04 bits per heavy atom. The summed E-state index contributed by atoms with van der Waals surface area (Å²) in [7, 11) is 0. The molecule has 6 heteroatoms. The number of pyridine rings is 1. The third kappa shape index (κ3) is 4.26. The summed E-state index contributed by atoms with van der Waals surface area (Å²) in [4.78, 5) is 23.8. The van der Waals surface area contributed by atoms with Crippen molar-refractivity contribution in [2.24, 2.45) is 0 Å². The van der Waals surface area contributed by atoms with Crippen molar-refractivity contribution >= 4 is 17.1 Å². The predicted octanol–water partition coefficient (Wildman–Crippen LogP) is 2.66. The summed E-state index contributed by atoms with van der Waals surface area (Å²) in [5.74, 6) is 0. The Hall–Kier alpha value is -2.08. The van der Waals surface area contributed by atoms with Gasteiger partial charge in [0, 0.05) is 50.5 Å². The summed E-state index contributed by atoms with van der Waals surface area (Å²) in [6.45, 7) is 9.91. The molecule has 1 saturated heterocycles. The normalized spacial score (nSPS) is 16.5. The molecular formula is C18H26N4O2. The number of ether oxygens (including phenoxy) is 1. The molecule has 1 amide bonds. The number of H-pyrrole nitrogens is 1. The minimum absolute atomic E-state index is 0.204. The lowest BCUT2D eigenvalue weighted by molar-refractivity contribution is 0.0146. The van der Waals surface area contributed by atoms with Crippen molar-refractivity contribution in [1.82, 2.24) is 19.8 Å². The van der Waals surface area contributed by atoms with Gasteiger partial charge in [0.15, 0.2) is 0 Å². The molecule has 0 aliphatic carbocycles. The zero-order chi connectivity index (χ0) is 17.2. The van der Waals surface area contributed by atoms with E-state index in [1.807, 2.05) is 39.2 Å². The van der Waals surface area contributed by atoms with Gasteiger partial charge < -0.3 is 14.6 Å². The zero-order valence-electron chi connectivity index (χ0n) is 14.7. The van der Waals surface area contributed by atoms with E-state index in [0.29, 0.717) is 0 Å². The molecule has 0 bridgehead atoms. The van der Waals surface area contributed by atoms with E-state index in [2.05, 4.69) is 20.9 Å². The van der Waals surface area contributed by atoms with Crippen LogP contribution in [0, 0.1) is 0 Å². The first-order valence-corrected chi connectivity index (χ1v) is 8.53. The maximum atomic E-state index is 12.1. The lowest BCUT2D eigenvalue weighted by Crippen LogP contribution is -2.50. The number of rotatable bonds is 3. The lowest BCUT2D eigenvalue weighted by Gasteiger charge is -2.35. The van der Waals surface area contributed by atoms with E-state index in [1.54, 1.807) is 4.90 Å². The third-order valence-electron chi connectivity index (χ3n) is 4.20. The van der Waals surface area contributed by atoms with Crippen molar-refractivity contribution in [1.29, 1.82) is 0 Å². The topological polar surface area (TPSA) is 61.5 Å². The van der Waals surface area contributed by atoms with E-state index >= 15 is 0 Å². The van der Waals surface area contributed by atoms with E-state index in [0.717, 1.165) is 50.2 Å². The van der Waals surface area contributed by atoms with Crippen molar-refractivity contribution in [3.8, 4) is 0 Å². The second-order valence-corrected chi connectivity index (χ2v) is 7.32. The van der Waals surface area contributed by atoms with Gasteiger partial charge in [-0.3, -0.25) is 4.90 Å². The Kier molecular flexibility index (Phi) is 4.76. The Bertz CT molecular complexity index is 696. The van der Waals surface area contributed by atoms with Gasteiger partial charge in [-0.25, -0.2) is 9.78 Å². The fourth-order valence-electron chi connectivity index (χ4n) is 2.89. The smallest absolute Gasteiger partial charge is 0.410 e. The molecule has 0 aromatic carbocycles. The molecule has 2 aromatic heterocycles. The molecule has 0 saturated carbocycles. The first kappa shape index (κ1) is 16.8. The minimum Gasteiger partial charge on any atom is -0.444 e. The van der Waals surface area contributed by atoms with Crippen molar-refractivity contribution in [3.63, 3.8) is 0 Å². The molecule has 0 spiro atoms. The highest BCUT2D eigenvalue weighted by atomic mass is 16.6. The van der Waals surface area contributed by atoms with Crippen LogP contribution in [0.15, 0.2) is 24.5 Å². The SMILES string of the molecule is CC(C)(C)OC(=O)N1CCN(CCc2cnc3[nH]ccc3c2)CC1. The van der Waals surface area contributed by atoms with Crippen LogP contribution in [0.1, 0.15) is 26.3 Å². The highest BCUT2D eigenvalue weighted by Crippen LogP contribution is 2.14. The number of hydrogen-bond acceptors (Lipinski definition) is 4. The molecule has 1 aliphatic heterocycles. The number of nitrogens with one attached hydrogen (secondary N) is 1. The number of fused-ring (bicyclic) bond motifs is 1. The minimum atomic E-state index is -0.432. The second kappa shape index (κ2) is 6.81. The number of carbonyl (C=O) groups excluding carboxylic acids is 1. The van der Waals surface area contributed by atoms with Gasteiger partial charge in [0.2, 0.25) is 0 Å². The standard InChI is InChI=1S/C18H26N4O2/c1-18(2,3)24-17(23)22-10-8-21(9-11-22)7-5-14-12-15-4-6-19-16(15)20-13-14/h4,6,12-13H,5,7-11H2,1-3H3,(H,19,20). The number of hydrogen-bond donors (Lipinski definition) is 1. The van der Waals surface area contributed by atoms with Crippen LogP contribution in [0.3, 0.4) is 0 Å². The summed E-state index contributed by atoms with van der Waals surface area (Å²) < 4.78 is 5.43. The molecular weight excluding hydrogens is 304 g/mol. The van der Waals surface area contributed by atoms with Crippen LogP contribution in [-0.2, 0) is 11.2 Å². The Morgan fingerprint density at radius 1 is 1.29 bits per heavy atom. The number of piperazine rings is 1. The fraction of sp³-hybridized carbons (Fsp3) is 0.556. The van der Waals surface area contributed by atoms with E-state index < -0.39 is 5.60 Å². The number of carbonyl (C=O) groups is 1. The fourth-order valence-corrected chi connectivity index (χ4v) is 2.89. The summed E-state index contributed by atoms with van der Waals surface area (Å²) in [6, 6.07) is 4.24. The van der Waals surface area contributed by atoms with Gasteiger partial charge in [-0.05, 0) is 44.9 Å². The van der Waals surface area contributed by atoms with E-state index in [9.17, 15) is 4.79 Å². The van der Waals surface area contributed by atoms with Crippen molar-refractivity contribution in [3.05, 3.63) is 30.1 Å². The average Bonchev–Trinajstić information content (AvgIpc) is 2.99. The number of aromatic amines is 1. The molecule has 1 fully saturated rings. The molecule has 3 heterocycles. The van der Waals surface area contributed by atoms with Crippen LogP contribution >= 0.6 is 0 Å². The first-order chi connectivity index (χ1) is 11.4. The first-order valence-electron chi connectivity index (χ1n) is 8.53. The molecule has 0 atom stereocenters. The molecule has 3 rings (SSSR count). The zero-order valence-corrected chi connectivity index (χ0v) is 14.7. The molecule has 1 N–H and O–H groups in total. The number of aromatic nitrogens is 2. The van der Waals surface area contributed by atoms with Crippen LogP contribution in [0.5, 0.6) is 0 Å². The lowest BCUT2D eigenvalue weighted by atomic mass is 10.1. The molecule has 24 heavy (non-hydrogen) atoms. The molecule has 6 nitrogen and oxygen atoms in total. The maximum absolute atomic E-state index is 12.1. The molecule has 1 aliphatic rings. The largest absolute Gasteiger partial charge is 0.444 e. The summed E-state index contributed by atoms with van der Waals surface area (Å²) in [5.41, 5.74) is 1.75. The van der Waals surface area contributed by atoms with Crippen LogP contribution in [0.2, 0.25) is 0 Å². The molecule has 0 unspecified atom stereocenters. The van der Waals surface area contributed by atoms with Crippen LogP contribution in [0.4, 0.5) is 4.79 Å². The van der Waals surface area contributed by atoms with Crippen molar-refractivity contribution in [2.75, 3.05) is 32.7 Å². The molecule has 2 aromatic rings. The highest BCUT2D eigenvalue weighted by molar-refractivity contribution is 5.75. The van der Waals surface area contributed by atoms with Gasteiger partial charge in [-0.1, -0.05) is 0 Å². The summed E-state index contributed by atoms with van der Waals surface area (Å²) in [6.07, 6.45) is 4.62. The number of nitrogens with zero attached hydrogens (tertiary/aromatic N) is 3. The van der Waals surface area contributed by atoms with Crippen molar-refractivity contribution < 1.29 is 9.53 Å². The Morgan fingerprint density at radius 3 is 2.75 bits per heavy atom. The highest BCUT2D eigenvalue weighted by Gasteiger charge is 2.25. The van der Waals surface area contributed by atoms with Gasteiger partial charge in [0.1, 0.15) is 11.2 Å². The van der Waals surface area contributed by atoms with E-state index in [-0.39, 0.29) is 6.09 Å². The predicted molar refractivity (Wildman–Crippen MR) is 94.0 cm³/mol. The average molecular weight is 330 g/mol. The van der Waals surface area contributed by atoms with E-state index in [1.165, 1.54) is 5.56 Å². The number of amides is 1. The Labute approximate surface area is 142 Å². The van der Waals surface area contributed by atoms with E-state index in [4.69, 9.17) is 4.74 Å². The third-order valence-corrected chi connectivity index (χ3v) is 4.20. The van der Waals surface area contributed by atoms with Crippen LogP contribution < -0.4 is 0 Å². The summed E-state index contributed by atoms with van der Waals surface area (Å²) in [5, 5.41) is 1.15. The van der Waals surface area contributed by atoms with Gasteiger partial charge in [0.05, 0.1) is 0 Å². The maximum Gasteiger partial charge on any atom is 0.410 e. The van der Waals surface area contributed by atoms with Crippen LogP contribution in [-0.4, -0.2) is 64.2 Å². The molecule has 0 radical (unpaired) electrons. The van der Waals surface area contributed by atoms with Gasteiger partial charge in [0.25, 0.3) is 0 Å². The van der Waals surface area contributed by atoms with Gasteiger partial charge >= 0.3 is 6.09 Å². The monoisotopic (exact) mass is 330 g/mol. The molecule has 130 valence electrons. The summed E-state index contributed by atoms with van der Waals surface area (Å²) >= 11 is 0. The quantitative estimate of drug-likeness (QED) is 0.940. The van der Waals surface area contributed by atoms with Crippen molar-refractivity contribution in [2.45, 2.75) is 32.8 Å². The van der Waals surface area contributed by atoms with Gasteiger partial charge in [-0.2, -0.15) is 0 Å². The van der Waals surface area contributed by atoms with Gasteiger partial charge in [-0.15, -0.1) is 0 Å². The Balaban J connectivity index is 1.46. The van der Waals surface area contributed by atoms with Crippen LogP contribution in [0.25, 0.3) is 11.0 Å². The second-order valence-electron chi connectivity index (χ2n) is 7.32.